The van der Waals surface area contributed by atoms with Gasteiger partial charge < -0.3 is 9.47 Å². The maximum Gasteiger partial charge on any atom is 0.121 e. The molecule has 0 aromatic heterocycles. The Labute approximate surface area is 73.9 Å². The molecular weight excluding hydrogens is 151 g/mol. The molecule has 0 heterocycles. The largest absolute Gasteiger partial charge is 0.497 e. The Balaban J connectivity index is 3.16. The van der Waals surface area contributed by atoms with Crippen LogP contribution in [0, 0.1) is 6.92 Å². The molecular formula is C9H11BO2. The average molecular weight is 162 g/mol. The molecule has 0 N–H and O–H groups in total. The third kappa shape index (κ3) is 1.55. The fourth-order valence-corrected chi connectivity index (χ4v) is 1.07. The lowest BCUT2D eigenvalue weighted by molar-refractivity contribution is 0.403. The number of methoxy groups -OCH3 is 2. The standard InChI is InChI=1S/C9H11BO2/c1-6-4-9(12-3)7(10)5-8(6)11-2/h4-5H,1-3H3. The second-order valence-corrected chi connectivity index (χ2v) is 2.56. The Morgan fingerprint density at radius 2 is 1.67 bits per heavy atom. The molecule has 0 atom stereocenters. The predicted octanol–water partition coefficient (Wildman–Crippen LogP) is 0.806. The van der Waals surface area contributed by atoms with Gasteiger partial charge in [-0.2, -0.15) is 0 Å². The van der Waals surface area contributed by atoms with Crippen molar-refractivity contribution in [2.24, 2.45) is 0 Å². The lowest BCUT2D eigenvalue weighted by Gasteiger charge is -2.09. The Morgan fingerprint density at radius 1 is 1.08 bits per heavy atom. The Bertz CT molecular complexity index is 254. The minimum Gasteiger partial charge on any atom is -0.497 e. The van der Waals surface area contributed by atoms with E-state index in [4.69, 9.17) is 17.3 Å². The summed E-state index contributed by atoms with van der Waals surface area (Å²) in [6.45, 7) is 1.95. The summed E-state index contributed by atoms with van der Waals surface area (Å²) in [6, 6.07) is 3.61. The van der Waals surface area contributed by atoms with E-state index in [2.05, 4.69) is 0 Å². The van der Waals surface area contributed by atoms with Gasteiger partial charge in [-0.3, -0.25) is 0 Å². The van der Waals surface area contributed by atoms with Gasteiger partial charge in [-0.15, -0.1) is 0 Å². The topological polar surface area (TPSA) is 18.5 Å². The molecule has 1 aromatic rings. The van der Waals surface area contributed by atoms with E-state index in [1.807, 2.05) is 13.0 Å². The number of ether oxygens (including phenoxy) is 2. The maximum atomic E-state index is 5.67. The highest BCUT2D eigenvalue weighted by Gasteiger charge is 2.03. The molecule has 12 heavy (non-hydrogen) atoms. The van der Waals surface area contributed by atoms with E-state index < -0.39 is 0 Å². The summed E-state index contributed by atoms with van der Waals surface area (Å²) in [5.74, 6) is 1.47. The molecule has 0 saturated carbocycles. The van der Waals surface area contributed by atoms with Crippen LogP contribution in [0.5, 0.6) is 11.5 Å². The van der Waals surface area contributed by atoms with Gasteiger partial charge in [0.1, 0.15) is 19.3 Å². The van der Waals surface area contributed by atoms with E-state index in [9.17, 15) is 0 Å². The SMILES string of the molecule is [B]c1cc(OC)c(C)cc1OC. The Morgan fingerprint density at radius 3 is 2.17 bits per heavy atom. The molecule has 2 radical (unpaired) electrons. The average Bonchev–Trinajstić information content (AvgIpc) is 2.08. The summed E-state index contributed by atoms with van der Waals surface area (Å²) >= 11 is 0. The molecule has 0 aliphatic rings. The van der Waals surface area contributed by atoms with Gasteiger partial charge in [-0.05, 0) is 24.6 Å². The molecule has 0 saturated heterocycles. The van der Waals surface area contributed by atoms with Crippen LogP contribution in [0.2, 0.25) is 0 Å². The molecule has 0 spiro atoms. The van der Waals surface area contributed by atoms with Crippen molar-refractivity contribution < 1.29 is 9.47 Å². The molecule has 0 unspecified atom stereocenters. The van der Waals surface area contributed by atoms with Crippen molar-refractivity contribution >= 4 is 13.3 Å². The zero-order valence-corrected chi connectivity index (χ0v) is 7.55. The van der Waals surface area contributed by atoms with Gasteiger partial charge in [0.2, 0.25) is 0 Å². The summed E-state index contributed by atoms with van der Waals surface area (Å²) in [7, 11) is 8.89. The number of aryl methyl sites for hydroxylation is 1. The van der Waals surface area contributed by atoms with Crippen LogP contribution in [0.1, 0.15) is 5.56 Å². The molecule has 0 amide bonds. The first-order valence-corrected chi connectivity index (χ1v) is 3.67. The van der Waals surface area contributed by atoms with E-state index in [0.29, 0.717) is 11.2 Å². The van der Waals surface area contributed by atoms with Crippen LogP contribution < -0.4 is 14.9 Å². The van der Waals surface area contributed by atoms with Crippen LogP contribution in [-0.2, 0) is 0 Å². The lowest BCUT2D eigenvalue weighted by Crippen LogP contribution is -2.08. The molecule has 0 fully saturated rings. The zero-order valence-electron chi connectivity index (χ0n) is 7.55. The monoisotopic (exact) mass is 162 g/mol. The molecule has 0 aliphatic heterocycles. The Hall–Kier alpha value is -1.12. The van der Waals surface area contributed by atoms with Crippen molar-refractivity contribution in [3.05, 3.63) is 17.7 Å². The molecule has 3 heteroatoms. The summed E-state index contributed by atoms with van der Waals surface area (Å²) in [6.07, 6.45) is 0. The van der Waals surface area contributed by atoms with E-state index in [-0.39, 0.29) is 0 Å². The normalized spacial score (nSPS) is 9.58. The van der Waals surface area contributed by atoms with Gasteiger partial charge in [-0.25, -0.2) is 0 Å². The van der Waals surface area contributed by atoms with Crippen molar-refractivity contribution in [1.29, 1.82) is 0 Å². The highest BCUT2D eigenvalue weighted by molar-refractivity contribution is 6.34. The van der Waals surface area contributed by atoms with E-state index >= 15 is 0 Å². The number of rotatable bonds is 2. The smallest absolute Gasteiger partial charge is 0.121 e. The van der Waals surface area contributed by atoms with Crippen molar-refractivity contribution in [2.75, 3.05) is 14.2 Å². The van der Waals surface area contributed by atoms with Gasteiger partial charge >= 0.3 is 0 Å². The molecule has 0 bridgehead atoms. The second-order valence-electron chi connectivity index (χ2n) is 2.56. The highest BCUT2D eigenvalue weighted by Crippen LogP contribution is 2.19. The van der Waals surface area contributed by atoms with Crippen LogP contribution in [0.4, 0.5) is 0 Å². The summed E-state index contributed by atoms with van der Waals surface area (Å²) in [4.78, 5) is 0. The minimum absolute atomic E-state index is 0.597. The third-order valence-electron chi connectivity index (χ3n) is 1.75. The Kier molecular flexibility index (Phi) is 2.63. The van der Waals surface area contributed by atoms with Gasteiger partial charge in [0, 0.05) is 0 Å². The van der Waals surface area contributed by atoms with Crippen LogP contribution >= 0.6 is 0 Å². The zero-order chi connectivity index (χ0) is 9.14. The van der Waals surface area contributed by atoms with Crippen LogP contribution in [0.25, 0.3) is 0 Å². The number of hydrogen-bond acceptors (Lipinski definition) is 2. The van der Waals surface area contributed by atoms with Gasteiger partial charge in [0.25, 0.3) is 0 Å². The fourth-order valence-electron chi connectivity index (χ4n) is 1.07. The predicted molar refractivity (Wildman–Crippen MR) is 49.7 cm³/mol. The molecule has 0 aliphatic carbocycles. The highest BCUT2D eigenvalue weighted by atomic mass is 16.5. The number of benzene rings is 1. The maximum absolute atomic E-state index is 5.67. The van der Waals surface area contributed by atoms with Crippen LogP contribution in [0.3, 0.4) is 0 Å². The van der Waals surface area contributed by atoms with Crippen LogP contribution in [-0.4, -0.2) is 22.1 Å². The van der Waals surface area contributed by atoms with Gasteiger partial charge in [0.05, 0.1) is 14.2 Å². The first-order valence-electron chi connectivity index (χ1n) is 3.67. The lowest BCUT2D eigenvalue weighted by atomic mass is 9.93. The molecule has 1 aromatic carbocycles. The van der Waals surface area contributed by atoms with Crippen molar-refractivity contribution in [3.8, 4) is 11.5 Å². The summed E-state index contributed by atoms with van der Waals surface area (Å²) in [5, 5.41) is 0. The van der Waals surface area contributed by atoms with Gasteiger partial charge in [0.15, 0.2) is 0 Å². The summed E-state index contributed by atoms with van der Waals surface area (Å²) in [5.41, 5.74) is 1.61. The van der Waals surface area contributed by atoms with E-state index in [1.165, 1.54) is 0 Å². The fraction of sp³-hybridized carbons (Fsp3) is 0.333. The van der Waals surface area contributed by atoms with Crippen molar-refractivity contribution in [3.63, 3.8) is 0 Å². The first kappa shape index (κ1) is 8.98. The molecule has 1 rings (SSSR count). The third-order valence-corrected chi connectivity index (χ3v) is 1.75. The second kappa shape index (κ2) is 3.52. The van der Waals surface area contributed by atoms with Gasteiger partial charge in [-0.1, -0.05) is 5.46 Å². The van der Waals surface area contributed by atoms with E-state index in [0.717, 1.165) is 11.3 Å². The summed E-state index contributed by atoms with van der Waals surface area (Å²) < 4.78 is 10.1. The first-order chi connectivity index (χ1) is 5.69. The van der Waals surface area contributed by atoms with Crippen molar-refractivity contribution in [1.82, 2.24) is 0 Å². The minimum atomic E-state index is 0.597. The van der Waals surface area contributed by atoms with Crippen LogP contribution in [0.15, 0.2) is 12.1 Å². The number of hydrogen-bond donors (Lipinski definition) is 0. The molecule has 2 nitrogen and oxygen atoms in total. The quantitative estimate of drug-likeness (QED) is 0.599. The van der Waals surface area contributed by atoms with E-state index in [1.54, 1.807) is 20.3 Å². The molecule has 62 valence electrons. The van der Waals surface area contributed by atoms with Crippen molar-refractivity contribution in [2.45, 2.75) is 6.92 Å².